The summed E-state index contributed by atoms with van der Waals surface area (Å²) in [5, 5.41) is 0. The quantitative estimate of drug-likeness (QED) is 0.345. The van der Waals surface area contributed by atoms with E-state index in [0.717, 1.165) is 63.3 Å². The van der Waals surface area contributed by atoms with E-state index in [2.05, 4.69) is 43.0 Å². The minimum atomic E-state index is -0.792. The van der Waals surface area contributed by atoms with Gasteiger partial charge in [0.25, 0.3) is 0 Å². The summed E-state index contributed by atoms with van der Waals surface area (Å²) < 4.78 is 19.2. The van der Waals surface area contributed by atoms with Crippen LogP contribution < -0.4 is 4.74 Å². The average Bonchev–Trinajstić information content (AvgIpc) is 3.00. The van der Waals surface area contributed by atoms with E-state index in [9.17, 15) is 4.79 Å². The molecule has 1 saturated carbocycles. The topological polar surface area (TPSA) is 69.7 Å². The number of amides is 1. The number of ether oxygens (including phenoxy) is 3. The van der Waals surface area contributed by atoms with Gasteiger partial charge in [0.05, 0.1) is 0 Å². The molecule has 1 aliphatic carbocycles. The van der Waals surface area contributed by atoms with E-state index in [1.807, 2.05) is 48.2 Å². The Bertz CT molecular complexity index is 1290. The summed E-state index contributed by atoms with van der Waals surface area (Å²) in [4.78, 5) is 29.1. The van der Waals surface area contributed by atoms with E-state index >= 15 is 0 Å². The molecule has 8 nitrogen and oxygen atoms in total. The zero-order chi connectivity index (χ0) is 28.9. The van der Waals surface area contributed by atoms with Crippen LogP contribution in [0.15, 0.2) is 60.7 Å². The minimum Gasteiger partial charge on any atom is -0.465 e. The molecule has 2 aromatic carbocycles. The molecule has 1 spiro atoms. The highest BCUT2D eigenvalue weighted by atomic mass is 17.3. The van der Waals surface area contributed by atoms with Crippen molar-refractivity contribution in [2.24, 2.45) is 23.7 Å². The Morgan fingerprint density at radius 1 is 0.976 bits per heavy atom. The molecule has 0 aromatic heterocycles. The summed E-state index contributed by atoms with van der Waals surface area (Å²) in [6, 6.07) is 18.3. The molecule has 1 amide bonds. The molecular formula is C34H42N2O6. The molecular weight excluding hydrogens is 532 g/mol. The summed E-state index contributed by atoms with van der Waals surface area (Å²) in [5.41, 5.74) is 1.68. The average molecular weight is 575 g/mol. The van der Waals surface area contributed by atoms with E-state index in [4.69, 9.17) is 24.0 Å². The van der Waals surface area contributed by atoms with Crippen molar-refractivity contribution in [2.45, 2.75) is 70.5 Å². The van der Waals surface area contributed by atoms with Gasteiger partial charge >= 0.3 is 0 Å². The van der Waals surface area contributed by atoms with Gasteiger partial charge in [-0.15, -0.1) is 0 Å². The summed E-state index contributed by atoms with van der Waals surface area (Å²) in [7, 11) is 0. The Labute approximate surface area is 248 Å². The van der Waals surface area contributed by atoms with E-state index in [-0.39, 0.29) is 17.7 Å². The molecule has 42 heavy (non-hydrogen) atoms. The largest absolute Gasteiger partial charge is 0.465 e. The van der Waals surface area contributed by atoms with Gasteiger partial charge in [-0.1, -0.05) is 56.3 Å². The lowest BCUT2D eigenvalue weighted by Crippen LogP contribution is -2.76. The van der Waals surface area contributed by atoms with Gasteiger partial charge in [-0.2, -0.15) is 0 Å². The maximum atomic E-state index is 12.8. The predicted molar refractivity (Wildman–Crippen MR) is 157 cm³/mol. The maximum absolute atomic E-state index is 12.8. The molecule has 0 radical (unpaired) electrons. The van der Waals surface area contributed by atoms with E-state index in [1.165, 1.54) is 5.56 Å². The van der Waals surface area contributed by atoms with Gasteiger partial charge in [-0.3, -0.25) is 9.69 Å². The van der Waals surface area contributed by atoms with Crippen LogP contribution in [-0.4, -0.2) is 65.9 Å². The molecule has 8 atom stereocenters. The monoisotopic (exact) mass is 574 g/mol. The first-order chi connectivity index (χ1) is 20.3. The van der Waals surface area contributed by atoms with E-state index in [1.54, 1.807) is 6.08 Å². The molecule has 5 aliphatic heterocycles. The number of fused-ring (bicyclic) bond motifs is 1. The van der Waals surface area contributed by atoms with Crippen LogP contribution in [0.25, 0.3) is 6.08 Å². The van der Waals surface area contributed by atoms with Gasteiger partial charge < -0.3 is 19.1 Å². The van der Waals surface area contributed by atoms with Crippen molar-refractivity contribution in [3.8, 4) is 5.75 Å². The van der Waals surface area contributed by atoms with Crippen molar-refractivity contribution in [3.05, 3.63) is 71.8 Å². The highest BCUT2D eigenvalue weighted by molar-refractivity contribution is 5.91. The standard InChI is InChI=1S/C34H42N2O6/c1-23-9-15-28-24(2)31(39-32-34(28)29(23)21-33(3,40-32)41-42-34)38-27-13-10-25(11-14-27)12-16-30(37)36-19-17-35(18-20-36)22-26-7-5-4-6-8-26/h4-8,10-14,16,23-24,28-29,31-32H,9,15,17-22H2,1-3H3/b16-12+/t23-,24-,28?,29?,31+,32-,33+,34+/m1/s1. The van der Waals surface area contributed by atoms with Crippen LogP contribution in [0.4, 0.5) is 0 Å². The molecule has 8 heteroatoms. The van der Waals surface area contributed by atoms with Crippen molar-refractivity contribution in [3.63, 3.8) is 0 Å². The molecule has 2 aromatic rings. The van der Waals surface area contributed by atoms with Gasteiger partial charge in [0.15, 0.2) is 11.9 Å². The fourth-order valence-electron chi connectivity index (χ4n) is 7.85. The van der Waals surface area contributed by atoms with Crippen LogP contribution in [0.2, 0.25) is 0 Å². The second kappa shape index (κ2) is 11.1. The van der Waals surface area contributed by atoms with Gasteiger partial charge in [0.2, 0.25) is 18.0 Å². The maximum Gasteiger partial charge on any atom is 0.246 e. The van der Waals surface area contributed by atoms with E-state index < -0.39 is 24.0 Å². The number of carbonyl (C=O) groups excluding carboxylic acids is 1. The molecule has 6 fully saturated rings. The van der Waals surface area contributed by atoms with E-state index in [0.29, 0.717) is 11.8 Å². The third-order valence-electron chi connectivity index (χ3n) is 10.3. The van der Waals surface area contributed by atoms with Crippen molar-refractivity contribution in [1.82, 2.24) is 9.80 Å². The Morgan fingerprint density at radius 2 is 1.74 bits per heavy atom. The Hall–Kier alpha value is -2.75. The molecule has 2 bridgehead atoms. The second-order valence-corrected chi connectivity index (χ2v) is 13.0. The molecule has 6 aliphatic rings. The van der Waals surface area contributed by atoms with Gasteiger partial charge in [-0.25, -0.2) is 9.78 Å². The molecule has 224 valence electrons. The van der Waals surface area contributed by atoms with Gasteiger partial charge in [-0.05, 0) is 55.0 Å². The predicted octanol–water partition coefficient (Wildman–Crippen LogP) is 5.24. The fraction of sp³-hybridized carbons (Fsp3) is 0.559. The number of benzene rings is 2. The molecule has 0 N–H and O–H groups in total. The summed E-state index contributed by atoms with van der Waals surface area (Å²) >= 11 is 0. The molecule has 2 unspecified atom stereocenters. The summed E-state index contributed by atoms with van der Waals surface area (Å²) in [6.07, 6.45) is 5.59. The number of nitrogens with zero attached hydrogens (tertiary/aromatic N) is 2. The number of piperazine rings is 1. The Kier molecular flexibility index (Phi) is 7.39. The van der Waals surface area contributed by atoms with Crippen molar-refractivity contribution in [2.75, 3.05) is 26.2 Å². The number of hydrogen-bond donors (Lipinski definition) is 0. The third kappa shape index (κ3) is 5.07. The van der Waals surface area contributed by atoms with Crippen LogP contribution in [-0.2, 0) is 30.6 Å². The van der Waals surface area contributed by atoms with Crippen molar-refractivity contribution in [1.29, 1.82) is 0 Å². The molecule has 8 rings (SSSR count). The number of carbonyl (C=O) groups is 1. The fourth-order valence-corrected chi connectivity index (χ4v) is 7.85. The van der Waals surface area contributed by atoms with Crippen LogP contribution in [0, 0.1) is 23.7 Å². The third-order valence-corrected chi connectivity index (χ3v) is 10.3. The molecule has 5 heterocycles. The second-order valence-electron chi connectivity index (χ2n) is 13.0. The lowest BCUT2D eigenvalue weighted by atomic mass is 9.56. The zero-order valence-corrected chi connectivity index (χ0v) is 24.8. The minimum absolute atomic E-state index is 0.0508. The number of rotatable bonds is 6. The first-order valence-electron chi connectivity index (χ1n) is 15.5. The lowest BCUT2D eigenvalue weighted by molar-refractivity contribution is -0.614. The van der Waals surface area contributed by atoms with Gasteiger partial charge in [0, 0.05) is 63.0 Å². The first kappa shape index (κ1) is 28.0. The molecule has 5 saturated heterocycles. The van der Waals surface area contributed by atoms with Crippen molar-refractivity contribution < 1.29 is 28.8 Å². The van der Waals surface area contributed by atoms with Crippen LogP contribution in [0.1, 0.15) is 51.2 Å². The Morgan fingerprint density at radius 3 is 2.50 bits per heavy atom. The van der Waals surface area contributed by atoms with Crippen LogP contribution >= 0.6 is 0 Å². The van der Waals surface area contributed by atoms with Crippen molar-refractivity contribution >= 4 is 12.0 Å². The summed E-state index contributed by atoms with van der Waals surface area (Å²) in [5.74, 6) is 1.18. The van der Waals surface area contributed by atoms with Crippen LogP contribution in [0.3, 0.4) is 0 Å². The number of hydrogen-bond acceptors (Lipinski definition) is 7. The Balaban J connectivity index is 0.946. The SMILES string of the molecule is C[C@@H]1CCC2[C@@H](C)[C@@H](Oc3ccc(/C=C/C(=O)N4CCN(Cc5ccccc5)CC4)cc3)O[C@@H]3O[C@]4(C)CC1[C@@]23OO4. The van der Waals surface area contributed by atoms with Gasteiger partial charge in [0.1, 0.15) is 5.75 Å². The smallest absolute Gasteiger partial charge is 0.246 e. The highest BCUT2D eigenvalue weighted by Crippen LogP contribution is 2.62. The van der Waals surface area contributed by atoms with Crippen LogP contribution in [0.5, 0.6) is 5.75 Å². The normalized spacial score (nSPS) is 37.9. The first-order valence-corrected chi connectivity index (χ1v) is 15.5. The lowest BCUT2D eigenvalue weighted by Gasteiger charge is -2.66. The highest BCUT2D eigenvalue weighted by Gasteiger charge is 2.72. The zero-order valence-electron chi connectivity index (χ0n) is 24.8. The summed E-state index contributed by atoms with van der Waals surface area (Å²) in [6.45, 7) is 10.6.